The van der Waals surface area contributed by atoms with Gasteiger partial charge in [-0.2, -0.15) is 5.10 Å². The van der Waals surface area contributed by atoms with Crippen LogP contribution in [0.3, 0.4) is 0 Å². The number of hydrogen-bond donors (Lipinski definition) is 1. The second-order valence-electron chi connectivity index (χ2n) is 6.66. The van der Waals surface area contributed by atoms with Gasteiger partial charge in [0, 0.05) is 29.6 Å². The van der Waals surface area contributed by atoms with Crippen molar-refractivity contribution in [1.82, 2.24) is 0 Å². The summed E-state index contributed by atoms with van der Waals surface area (Å²) in [6.07, 6.45) is 0.440. The van der Waals surface area contributed by atoms with Gasteiger partial charge < -0.3 is 14.8 Å². The number of amides is 2. The van der Waals surface area contributed by atoms with E-state index in [1.165, 1.54) is 12.1 Å². The Bertz CT molecular complexity index is 1000. The van der Waals surface area contributed by atoms with E-state index in [2.05, 4.69) is 10.4 Å². The van der Waals surface area contributed by atoms with Gasteiger partial charge in [0.15, 0.2) is 11.5 Å². The maximum Gasteiger partial charge on any atom is 0.271 e. The predicted octanol–water partition coefficient (Wildman–Crippen LogP) is 4.10. The van der Waals surface area contributed by atoms with Crippen molar-refractivity contribution in [1.29, 1.82) is 0 Å². The van der Waals surface area contributed by atoms with E-state index >= 15 is 0 Å². The molecular formula is C21H22ClN3O4. The van der Waals surface area contributed by atoms with Crippen LogP contribution in [0.1, 0.15) is 24.0 Å². The van der Waals surface area contributed by atoms with Gasteiger partial charge in [-0.25, -0.2) is 5.01 Å². The van der Waals surface area contributed by atoms with Crippen molar-refractivity contribution in [3.63, 3.8) is 0 Å². The van der Waals surface area contributed by atoms with Crippen LogP contribution in [0.4, 0.5) is 11.4 Å². The summed E-state index contributed by atoms with van der Waals surface area (Å²) < 4.78 is 10.6. The standard InChI is InChI=1S/C21H22ClN3O4/c1-12-5-6-14(10-15(12)22)25-20(26)8-7-16(24-25)21(27)23-17-11-19(29-4)18(28-3)9-13(17)2/h5-6,9-11H,7-8H2,1-4H3,(H,23,27). The average molecular weight is 416 g/mol. The second kappa shape index (κ2) is 8.53. The first-order chi connectivity index (χ1) is 13.8. The molecule has 152 valence electrons. The number of methoxy groups -OCH3 is 2. The molecule has 29 heavy (non-hydrogen) atoms. The van der Waals surface area contributed by atoms with Crippen molar-refractivity contribution >= 4 is 40.5 Å². The molecule has 7 nitrogen and oxygen atoms in total. The summed E-state index contributed by atoms with van der Waals surface area (Å²) in [6.45, 7) is 3.72. The summed E-state index contributed by atoms with van der Waals surface area (Å²) in [7, 11) is 3.08. The summed E-state index contributed by atoms with van der Waals surface area (Å²) in [4.78, 5) is 25.1. The van der Waals surface area contributed by atoms with Crippen LogP contribution in [0.15, 0.2) is 35.4 Å². The van der Waals surface area contributed by atoms with E-state index in [1.54, 1.807) is 31.4 Å². The minimum atomic E-state index is -0.379. The van der Waals surface area contributed by atoms with Crippen molar-refractivity contribution in [2.45, 2.75) is 26.7 Å². The molecule has 1 heterocycles. The van der Waals surface area contributed by atoms with Gasteiger partial charge in [0.1, 0.15) is 5.71 Å². The van der Waals surface area contributed by atoms with E-state index in [4.69, 9.17) is 21.1 Å². The lowest BCUT2D eigenvalue weighted by Crippen LogP contribution is -2.36. The molecule has 3 rings (SSSR count). The highest BCUT2D eigenvalue weighted by molar-refractivity contribution is 6.44. The zero-order chi connectivity index (χ0) is 21.1. The van der Waals surface area contributed by atoms with E-state index in [0.717, 1.165) is 11.1 Å². The van der Waals surface area contributed by atoms with E-state index in [-0.39, 0.29) is 30.4 Å². The van der Waals surface area contributed by atoms with Crippen LogP contribution in [0.5, 0.6) is 11.5 Å². The summed E-state index contributed by atoms with van der Waals surface area (Å²) in [5.74, 6) is 0.510. The van der Waals surface area contributed by atoms with Gasteiger partial charge in [-0.15, -0.1) is 0 Å². The minimum absolute atomic E-state index is 0.183. The fourth-order valence-electron chi connectivity index (χ4n) is 2.94. The molecule has 2 aromatic rings. The fourth-order valence-corrected chi connectivity index (χ4v) is 3.12. The van der Waals surface area contributed by atoms with E-state index < -0.39 is 0 Å². The number of rotatable bonds is 5. The number of carbonyl (C=O) groups excluding carboxylic acids is 2. The number of nitrogens with zero attached hydrogens (tertiary/aromatic N) is 2. The highest BCUT2D eigenvalue weighted by Gasteiger charge is 2.26. The molecule has 0 saturated heterocycles. The lowest BCUT2D eigenvalue weighted by atomic mass is 10.1. The number of hydrogen-bond acceptors (Lipinski definition) is 5. The van der Waals surface area contributed by atoms with Crippen LogP contribution >= 0.6 is 11.6 Å². The molecule has 0 atom stereocenters. The number of carbonyl (C=O) groups is 2. The number of aryl methyl sites for hydroxylation is 2. The number of anilines is 2. The van der Waals surface area contributed by atoms with Crippen LogP contribution in [0.2, 0.25) is 5.02 Å². The molecule has 1 aliphatic heterocycles. The van der Waals surface area contributed by atoms with Crippen molar-refractivity contribution in [3.8, 4) is 11.5 Å². The Labute approximate surface area is 174 Å². The third-order valence-corrected chi connectivity index (χ3v) is 5.08. The monoisotopic (exact) mass is 415 g/mol. The van der Waals surface area contributed by atoms with Gasteiger partial charge >= 0.3 is 0 Å². The Morgan fingerprint density at radius 1 is 1.07 bits per heavy atom. The van der Waals surface area contributed by atoms with Gasteiger partial charge in [-0.3, -0.25) is 9.59 Å². The van der Waals surface area contributed by atoms with Crippen molar-refractivity contribution in [2.24, 2.45) is 5.10 Å². The lowest BCUT2D eigenvalue weighted by molar-refractivity contribution is -0.118. The van der Waals surface area contributed by atoms with Gasteiger partial charge in [0.25, 0.3) is 5.91 Å². The van der Waals surface area contributed by atoms with Crippen LogP contribution < -0.4 is 19.8 Å². The third-order valence-electron chi connectivity index (χ3n) is 4.67. The topological polar surface area (TPSA) is 80.2 Å². The first kappa shape index (κ1) is 20.7. The number of hydrazone groups is 1. The molecule has 2 amide bonds. The van der Waals surface area contributed by atoms with Gasteiger partial charge in [0.2, 0.25) is 5.91 Å². The van der Waals surface area contributed by atoms with Crippen LogP contribution in [-0.4, -0.2) is 31.7 Å². The quantitative estimate of drug-likeness (QED) is 0.797. The maximum atomic E-state index is 12.8. The van der Waals surface area contributed by atoms with Crippen molar-refractivity contribution in [3.05, 3.63) is 46.5 Å². The molecule has 0 aliphatic carbocycles. The van der Waals surface area contributed by atoms with Gasteiger partial charge in [0.05, 0.1) is 19.9 Å². The normalized spacial score (nSPS) is 13.8. The van der Waals surface area contributed by atoms with E-state index in [9.17, 15) is 9.59 Å². The van der Waals surface area contributed by atoms with Gasteiger partial charge in [-0.05, 0) is 43.2 Å². The Hall–Kier alpha value is -3.06. The Morgan fingerprint density at radius 3 is 2.41 bits per heavy atom. The average Bonchev–Trinajstić information content (AvgIpc) is 2.71. The first-order valence-electron chi connectivity index (χ1n) is 9.04. The molecule has 0 fully saturated rings. The Kier molecular flexibility index (Phi) is 6.08. The number of halogens is 1. The number of benzene rings is 2. The molecular weight excluding hydrogens is 394 g/mol. The van der Waals surface area contributed by atoms with Gasteiger partial charge in [-0.1, -0.05) is 17.7 Å². The lowest BCUT2D eigenvalue weighted by Gasteiger charge is -2.23. The first-order valence-corrected chi connectivity index (χ1v) is 9.42. The predicted molar refractivity (Wildman–Crippen MR) is 113 cm³/mol. The Morgan fingerprint density at radius 2 is 1.76 bits per heavy atom. The zero-order valence-electron chi connectivity index (χ0n) is 16.7. The third kappa shape index (κ3) is 4.35. The highest BCUT2D eigenvalue weighted by atomic mass is 35.5. The van der Waals surface area contributed by atoms with Crippen LogP contribution in [-0.2, 0) is 9.59 Å². The summed E-state index contributed by atoms with van der Waals surface area (Å²) in [5.41, 5.74) is 3.07. The molecule has 0 bridgehead atoms. The van der Waals surface area contributed by atoms with Crippen molar-refractivity contribution < 1.29 is 19.1 Å². The van der Waals surface area contributed by atoms with Crippen LogP contribution in [0.25, 0.3) is 0 Å². The Balaban J connectivity index is 1.87. The van der Waals surface area contributed by atoms with Crippen LogP contribution in [0, 0.1) is 13.8 Å². The van der Waals surface area contributed by atoms with E-state index in [0.29, 0.717) is 27.9 Å². The molecule has 1 aliphatic rings. The van der Waals surface area contributed by atoms with E-state index in [1.807, 2.05) is 19.9 Å². The molecule has 0 unspecified atom stereocenters. The largest absolute Gasteiger partial charge is 0.493 e. The second-order valence-corrected chi connectivity index (χ2v) is 7.07. The maximum absolute atomic E-state index is 12.8. The SMILES string of the molecule is COc1cc(C)c(NC(=O)C2=NN(c3ccc(C)c(Cl)c3)C(=O)CC2)cc1OC. The molecule has 8 heteroatoms. The summed E-state index contributed by atoms with van der Waals surface area (Å²) in [6, 6.07) is 8.70. The smallest absolute Gasteiger partial charge is 0.271 e. The summed E-state index contributed by atoms with van der Waals surface area (Å²) in [5, 5.41) is 8.88. The molecule has 0 spiro atoms. The van der Waals surface area contributed by atoms with Crippen molar-refractivity contribution in [2.75, 3.05) is 24.5 Å². The number of ether oxygens (including phenoxy) is 2. The molecule has 2 aromatic carbocycles. The highest BCUT2D eigenvalue weighted by Crippen LogP contribution is 2.33. The molecule has 1 N–H and O–H groups in total. The summed E-state index contributed by atoms with van der Waals surface area (Å²) >= 11 is 6.17. The molecule has 0 aromatic heterocycles. The fraction of sp³-hybridized carbons (Fsp3) is 0.286. The number of nitrogens with one attached hydrogen (secondary N) is 1. The minimum Gasteiger partial charge on any atom is -0.493 e. The zero-order valence-corrected chi connectivity index (χ0v) is 17.5. The molecule has 0 saturated carbocycles. The molecule has 0 radical (unpaired) electrons.